The summed E-state index contributed by atoms with van der Waals surface area (Å²) in [6.07, 6.45) is -0.230. The SMILES string of the molecule is O=C(O)c1cc(Br)c(F)cc1N1CC(C(=O)O)CC1=O. The third kappa shape index (κ3) is 2.51. The van der Waals surface area contributed by atoms with Crippen LogP contribution in [-0.2, 0) is 9.59 Å². The van der Waals surface area contributed by atoms with Crippen LogP contribution in [0.2, 0.25) is 0 Å². The number of aliphatic carboxylic acids is 1. The molecule has 1 unspecified atom stereocenters. The van der Waals surface area contributed by atoms with E-state index in [9.17, 15) is 18.8 Å². The maximum Gasteiger partial charge on any atom is 0.337 e. The van der Waals surface area contributed by atoms with Crippen molar-refractivity contribution in [2.45, 2.75) is 6.42 Å². The Balaban J connectivity index is 2.47. The second-order valence-corrected chi connectivity index (χ2v) is 5.19. The molecule has 106 valence electrons. The van der Waals surface area contributed by atoms with Crippen molar-refractivity contribution >= 4 is 39.5 Å². The number of carboxylic acid groups (broad SMARTS) is 2. The molecule has 0 radical (unpaired) electrons. The monoisotopic (exact) mass is 345 g/mol. The highest BCUT2D eigenvalue weighted by molar-refractivity contribution is 9.10. The molecule has 2 N–H and O–H groups in total. The summed E-state index contributed by atoms with van der Waals surface area (Å²) in [6.45, 7) is -0.171. The third-order valence-corrected chi connectivity index (χ3v) is 3.64. The van der Waals surface area contributed by atoms with E-state index in [4.69, 9.17) is 10.2 Å². The van der Waals surface area contributed by atoms with Gasteiger partial charge in [-0.05, 0) is 28.1 Å². The van der Waals surface area contributed by atoms with Crippen LogP contribution in [0.3, 0.4) is 0 Å². The molecule has 0 aliphatic carbocycles. The molecule has 20 heavy (non-hydrogen) atoms. The first kappa shape index (κ1) is 14.4. The van der Waals surface area contributed by atoms with Gasteiger partial charge in [0.1, 0.15) is 5.82 Å². The highest BCUT2D eigenvalue weighted by Crippen LogP contribution is 2.32. The molecule has 6 nitrogen and oxygen atoms in total. The van der Waals surface area contributed by atoms with Crippen LogP contribution in [0.4, 0.5) is 10.1 Å². The Morgan fingerprint density at radius 3 is 2.50 bits per heavy atom. The normalized spacial score (nSPS) is 18.4. The predicted octanol–water partition coefficient (Wildman–Crippen LogP) is 1.72. The fraction of sp³-hybridized carbons (Fsp3) is 0.250. The Morgan fingerprint density at radius 2 is 2.00 bits per heavy atom. The standard InChI is InChI=1S/C12H9BrFNO5/c13-7-2-6(12(19)20)9(3-8(7)14)15-4-5(11(17)18)1-10(15)16/h2-3,5H,1,4H2,(H,17,18)(H,19,20). The average Bonchev–Trinajstić information content (AvgIpc) is 2.74. The van der Waals surface area contributed by atoms with Gasteiger partial charge in [-0.3, -0.25) is 9.59 Å². The number of benzene rings is 1. The van der Waals surface area contributed by atoms with E-state index in [-0.39, 0.29) is 28.7 Å². The van der Waals surface area contributed by atoms with E-state index < -0.39 is 29.6 Å². The first-order valence-corrected chi connectivity index (χ1v) is 6.36. The fourth-order valence-electron chi connectivity index (χ4n) is 2.04. The first-order valence-electron chi connectivity index (χ1n) is 5.56. The van der Waals surface area contributed by atoms with Crippen LogP contribution in [0.1, 0.15) is 16.8 Å². The zero-order valence-electron chi connectivity index (χ0n) is 9.97. The highest BCUT2D eigenvalue weighted by Gasteiger charge is 2.37. The van der Waals surface area contributed by atoms with E-state index in [0.717, 1.165) is 17.0 Å². The largest absolute Gasteiger partial charge is 0.481 e. The Bertz CT molecular complexity index is 618. The van der Waals surface area contributed by atoms with Crippen molar-refractivity contribution in [1.29, 1.82) is 0 Å². The van der Waals surface area contributed by atoms with Crippen molar-refractivity contribution in [3.8, 4) is 0 Å². The Morgan fingerprint density at radius 1 is 1.35 bits per heavy atom. The predicted molar refractivity (Wildman–Crippen MR) is 69.2 cm³/mol. The number of amides is 1. The summed E-state index contributed by atoms with van der Waals surface area (Å²) < 4.78 is 13.5. The van der Waals surface area contributed by atoms with Crippen molar-refractivity contribution in [3.05, 3.63) is 28.0 Å². The number of nitrogens with zero attached hydrogens (tertiary/aromatic N) is 1. The maximum absolute atomic E-state index is 13.6. The molecule has 2 rings (SSSR count). The topological polar surface area (TPSA) is 94.9 Å². The molecule has 1 saturated heterocycles. The number of carbonyl (C=O) groups is 3. The second kappa shape index (κ2) is 5.20. The minimum Gasteiger partial charge on any atom is -0.481 e. The van der Waals surface area contributed by atoms with Gasteiger partial charge < -0.3 is 15.1 Å². The van der Waals surface area contributed by atoms with Gasteiger partial charge in [0.25, 0.3) is 0 Å². The fourth-order valence-corrected chi connectivity index (χ4v) is 2.38. The molecule has 1 aliphatic rings. The van der Waals surface area contributed by atoms with Gasteiger partial charge in [-0.15, -0.1) is 0 Å². The Labute approximate surface area is 120 Å². The van der Waals surface area contributed by atoms with Crippen molar-refractivity contribution in [2.24, 2.45) is 5.92 Å². The molecule has 1 aromatic rings. The summed E-state index contributed by atoms with van der Waals surface area (Å²) >= 11 is 2.87. The van der Waals surface area contributed by atoms with Crippen LogP contribution in [-0.4, -0.2) is 34.6 Å². The lowest BCUT2D eigenvalue weighted by molar-refractivity contribution is -0.141. The van der Waals surface area contributed by atoms with Crippen molar-refractivity contribution < 1.29 is 29.0 Å². The zero-order valence-corrected chi connectivity index (χ0v) is 11.6. The van der Waals surface area contributed by atoms with E-state index in [1.807, 2.05) is 0 Å². The molecule has 1 fully saturated rings. The lowest BCUT2D eigenvalue weighted by Gasteiger charge is -2.19. The molecule has 1 amide bonds. The van der Waals surface area contributed by atoms with Crippen LogP contribution < -0.4 is 4.90 Å². The smallest absolute Gasteiger partial charge is 0.337 e. The third-order valence-electron chi connectivity index (χ3n) is 3.03. The molecular weight excluding hydrogens is 337 g/mol. The van der Waals surface area contributed by atoms with Gasteiger partial charge in [-0.2, -0.15) is 0 Å². The molecule has 0 aromatic heterocycles. The quantitative estimate of drug-likeness (QED) is 0.869. The average molecular weight is 346 g/mol. The van der Waals surface area contributed by atoms with Crippen molar-refractivity contribution in [3.63, 3.8) is 0 Å². The van der Waals surface area contributed by atoms with Crippen molar-refractivity contribution in [2.75, 3.05) is 11.4 Å². The summed E-state index contributed by atoms with van der Waals surface area (Å²) in [6, 6.07) is 1.96. The van der Waals surface area contributed by atoms with Crippen LogP contribution in [0.5, 0.6) is 0 Å². The first-order chi connectivity index (χ1) is 9.31. The summed E-state index contributed by atoms with van der Waals surface area (Å²) in [5.74, 6) is -4.66. The minimum atomic E-state index is -1.33. The van der Waals surface area contributed by atoms with Crippen LogP contribution in [0, 0.1) is 11.7 Å². The number of halogens is 2. The number of aromatic carboxylic acids is 1. The zero-order chi connectivity index (χ0) is 15.0. The lowest BCUT2D eigenvalue weighted by atomic mass is 10.1. The molecule has 1 aromatic carbocycles. The van der Waals surface area contributed by atoms with Crippen molar-refractivity contribution in [1.82, 2.24) is 0 Å². The highest BCUT2D eigenvalue weighted by atomic mass is 79.9. The molecule has 1 aliphatic heterocycles. The number of carbonyl (C=O) groups excluding carboxylic acids is 1. The summed E-state index contributed by atoms with van der Waals surface area (Å²) in [5, 5.41) is 18.0. The second-order valence-electron chi connectivity index (χ2n) is 4.33. The maximum atomic E-state index is 13.6. The summed E-state index contributed by atoms with van der Waals surface area (Å²) in [5.41, 5.74) is -0.399. The Kier molecular flexibility index (Phi) is 3.76. The molecule has 8 heteroatoms. The van der Waals surface area contributed by atoms with Gasteiger partial charge in [0, 0.05) is 13.0 Å². The van der Waals surface area contributed by atoms with E-state index in [1.54, 1.807) is 0 Å². The van der Waals surface area contributed by atoms with E-state index in [0.29, 0.717) is 0 Å². The van der Waals surface area contributed by atoms with Crippen LogP contribution >= 0.6 is 15.9 Å². The molecular formula is C12H9BrFNO5. The minimum absolute atomic E-state index is 0.0416. The van der Waals surface area contributed by atoms with E-state index in [1.165, 1.54) is 0 Å². The van der Waals surface area contributed by atoms with Gasteiger partial charge in [0.2, 0.25) is 5.91 Å². The molecule has 1 atom stereocenters. The molecule has 0 bridgehead atoms. The van der Waals surface area contributed by atoms with Gasteiger partial charge in [0.15, 0.2) is 0 Å². The van der Waals surface area contributed by atoms with Crippen LogP contribution in [0.25, 0.3) is 0 Å². The van der Waals surface area contributed by atoms with Gasteiger partial charge in [-0.1, -0.05) is 0 Å². The van der Waals surface area contributed by atoms with E-state index >= 15 is 0 Å². The number of anilines is 1. The molecule has 1 heterocycles. The number of rotatable bonds is 3. The molecule has 0 spiro atoms. The van der Waals surface area contributed by atoms with Crippen LogP contribution in [0.15, 0.2) is 16.6 Å². The van der Waals surface area contributed by atoms with Gasteiger partial charge >= 0.3 is 11.9 Å². The Hall–Kier alpha value is -1.96. The lowest BCUT2D eigenvalue weighted by Crippen LogP contribution is -2.27. The number of hydrogen-bond donors (Lipinski definition) is 2. The number of hydrogen-bond acceptors (Lipinski definition) is 3. The summed E-state index contributed by atoms with van der Waals surface area (Å²) in [7, 11) is 0. The molecule has 0 saturated carbocycles. The number of carboxylic acids is 2. The van der Waals surface area contributed by atoms with Gasteiger partial charge in [0.05, 0.1) is 21.6 Å². The van der Waals surface area contributed by atoms with E-state index in [2.05, 4.69) is 15.9 Å². The van der Waals surface area contributed by atoms with Gasteiger partial charge in [-0.25, -0.2) is 9.18 Å². The summed E-state index contributed by atoms with van der Waals surface area (Å²) in [4.78, 5) is 34.8.